The number of fused-ring (bicyclic) bond motifs is 1. The molecule has 0 spiro atoms. The van der Waals surface area contributed by atoms with Crippen LogP contribution in [0.15, 0.2) is 35.7 Å². The minimum Gasteiger partial charge on any atom is -0.496 e. The van der Waals surface area contributed by atoms with E-state index in [1.807, 2.05) is 35.6 Å². The highest BCUT2D eigenvalue weighted by Crippen LogP contribution is 2.23. The first kappa shape index (κ1) is 16.0. The minimum absolute atomic E-state index is 0.0959. The van der Waals surface area contributed by atoms with Crippen LogP contribution in [0.3, 0.4) is 0 Å². The zero-order valence-electron chi connectivity index (χ0n) is 13.4. The molecule has 3 rings (SSSR count). The summed E-state index contributed by atoms with van der Waals surface area (Å²) in [5.74, 6) is 0.973. The highest BCUT2D eigenvalue weighted by atomic mass is 32.1. The molecular formula is C18H22N2O2S. The van der Waals surface area contributed by atoms with Crippen molar-refractivity contribution in [3.05, 3.63) is 51.7 Å². The number of rotatable bonds is 6. The Labute approximate surface area is 141 Å². The molecule has 2 heterocycles. The number of hydrogen-bond acceptors (Lipinski definition) is 4. The highest BCUT2D eigenvalue weighted by Gasteiger charge is 2.18. The van der Waals surface area contributed by atoms with Crippen molar-refractivity contribution in [1.29, 1.82) is 0 Å². The van der Waals surface area contributed by atoms with Crippen molar-refractivity contribution < 1.29 is 9.53 Å². The third-order valence-corrected chi connectivity index (χ3v) is 5.19. The van der Waals surface area contributed by atoms with E-state index in [1.165, 1.54) is 10.4 Å². The van der Waals surface area contributed by atoms with Crippen LogP contribution < -0.4 is 10.1 Å². The van der Waals surface area contributed by atoms with Crippen LogP contribution >= 0.6 is 11.3 Å². The molecule has 0 aliphatic carbocycles. The largest absolute Gasteiger partial charge is 0.496 e. The molecule has 0 saturated carbocycles. The molecule has 0 bridgehead atoms. The van der Waals surface area contributed by atoms with E-state index in [0.717, 1.165) is 37.2 Å². The minimum atomic E-state index is 0.0959. The molecule has 23 heavy (non-hydrogen) atoms. The number of amides is 1. The zero-order chi connectivity index (χ0) is 16.1. The number of para-hydroxylation sites is 1. The molecule has 0 atom stereocenters. The topological polar surface area (TPSA) is 41.6 Å². The maximum atomic E-state index is 12.1. The fourth-order valence-electron chi connectivity index (χ4n) is 2.95. The van der Waals surface area contributed by atoms with Gasteiger partial charge in [0.15, 0.2) is 0 Å². The Kier molecular flexibility index (Phi) is 5.31. The second kappa shape index (κ2) is 7.62. The second-order valence-corrected chi connectivity index (χ2v) is 6.74. The lowest BCUT2D eigenvalue weighted by molar-refractivity contribution is -0.122. The summed E-state index contributed by atoms with van der Waals surface area (Å²) in [6, 6.07) is 10.1. The number of carbonyl (C=O) groups is 1. The molecule has 5 heteroatoms. The van der Waals surface area contributed by atoms with Crippen LogP contribution in [0.5, 0.6) is 5.75 Å². The van der Waals surface area contributed by atoms with Crippen molar-refractivity contribution in [2.75, 3.05) is 26.7 Å². The Balaban J connectivity index is 1.44. The molecule has 1 aliphatic heterocycles. The van der Waals surface area contributed by atoms with Crippen molar-refractivity contribution >= 4 is 17.2 Å². The molecule has 0 fully saturated rings. The highest BCUT2D eigenvalue weighted by molar-refractivity contribution is 7.10. The second-order valence-electron chi connectivity index (χ2n) is 5.74. The van der Waals surface area contributed by atoms with E-state index in [2.05, 4.69) is 21.7 Å². The Bertz CT molecular complexity index is 669. The predicted octanol–water partition coefficient (Wildman–Crippen LogP) is 2.47. The Hall–Kier alpha value is -1.85. The molecule has 122 valence electrons. The Morgan fingerprint density at radius 3 is 3.09 bits per heavy atom. The third-order valence-electron chi connectivity index (χ3n) is 4.16. The van der Waals surface area contributed by atoms with Crippen LogP contribution in [0.2, 0.25) is 0 Å². The Morgan fingerprint density at radius 2 is 2.22 bits per heavy atom. The average Bonchev–Trinajstić information content (AvgIpc) is 3.03. The normalized spacial score (nSPS) is 14.3. The van der Waals surface area contributed by atoms with Gasteiger partial charge < -0.3 is 10.1 Å². The molecular weight excluding hydrogens is 308 g/mol. The smallest absolute Gasteiger partial charge is 0.234 e. The molecule has 1 aromatic heterocycles. The molecule has 1 aliphatic rings. The van der Waals surface area contributed by atoms with E-state index >= 15 is 0 Å². The average molecular weight is 330 g/mol. The lowest BCUT2D eigenvalue weighted by atomic mass is 10.1. The van der Waals surface area contributed by atoms with Crippen molar-refractivity contribution in [2.45, 2.75) is 19.4 Å². The molecule has 2 aromatic rings. The van der Waals surface area contributed by atoms with Gasteiger partial charge in [0, 0.05) is 24.5 Å². The number of methoxy groups -OCH3 is 1. The molecule has 0 saturated heterocycles. The molecule has 0 unspecified atom stereocenters. The predicted molar refractivity (Wildman–Crippen MR) is 93.0 cm³/mol. The molecule has 4 nitrogen and oxygen atoms in total. The number of thiophene rings is 1. The van der Waals surface area contributed by atoms with E-state index in [4.69, 9.17) is 4.74 Å². The van der Waals surface area contributed by atoms with Gasteiger partial charge in [-0.25, -0.2) is 0 Å². The Morgan fingerprint density at radius 1 is 1.35 bits per heavy atom. The molecule has 1 amide bonds. The van der Waals surface area contributed by atoms with Crippen molar-refractivity contribution in [2.24, 2.45) is 0 Å². The van der Waals surface area contributed by atoms with Crippen molar-refractivity contribution in [3.8, 4) is 5.75 Å². The number of benzene rings is 1. The van der Waals surface area contributed by atoms with Gasteiger partial charge in [-0.1, -0.05) is 18.2 Å². The van der Waals surface area contributed by atoms with Gasteiger partial charge in [-0.3, -0.25) is 9.69 Å². The van der Waals surface area contributed by atoms with Gasteiger partial charge in [-0.05, 0) is 41.5 Å². The van der Waals surface area contributed by atoms with Crippen LogP contribution in [0, 0.1) is 0 Å². The summed E-state index contributed by atoms with van der Waals surface area (Å²) in [4.78, 5) is 15.8. The first-order valence-corrected chi connectivity index (χ1v) is 8.80. The van der Waals surface area contributed by atoms with Gasteiger partial charge >= 0.3 is 0 Å². The van der Waals surface area contributed by atoms with E-state index in [1.54, 1.807) is 7.11 Å². The molecule has 1 N–H and O–H groups in total. The fraction of sp³-hybridized carbons (Fsp3) is 0.389. The summed E-state index contributed by atoms with van der Waals surface area (Å²) in [5, 5.41) is 5.15. The number of nitrogens with zero attached hydrogens (tertiary/aromatic N) is 1. The summed E-state index contributed by atoms with van der Waals surface area (Å²) in [7, 11) is 1.67. The standard InChI is InChI=1S/C18H22N2O2S/c1-22-16-5-3-2-4-14(16)6-9-19-18(21)13-20-10-7-17-15(12-20)8-11-23-17/h2-5,8,11H,6-7,9-10,12-13H2,1H3,(H,19,21). The first-order chi connectivity index (χ1) is 11.3. The van der Waals surface area contributed by atoms with Crippen LogP contribution in [0.4, 0.5) is 0 Å². The number of ether oxygens (including phenoxy) is 1. The van der Waals surface area contributed by atoms with Gasteiger partial charge in [0.05, 0.1) is 13.7 Å². The van der Waals surface area contributed by atoms with Gasteiger partial charge in [0.2, 0.25) is 5.91 Å². The monoisotopic (exact) mass is 330 g/mol. The van der Waals surface area contributed by atoms with Crippen LogP contribution in [0.25, 0.3) is 0 Å². The summed E-state index contributed by atoms with van der Waals surface area (Å²) in [6.07, 6.45) is 1.84. The maximum absolute atomic E-state index is 12.1. The number of carbonyl (C=O) groups excluding carboxylic acids is 1. The summed E-state index contributed by atoms with van der Waals surface area (Å²) >= 11 is 1.82. The lowest BCUT2D eigenvalue weighted by Crippen LogP contribution is -2.40. The molecule has 1 aromatic carbocycles. The van der Waals surface area contributed by atoms with Crippen molar-refractivity contribution in [3.63, 3.8) is 0 Å². The van der Waals surface area contributed by atoms with Gasteiger partial charge in [0.25, 0.3) is 0 Å². The van der Waals surface area contributed by atoms with Gasteiger partial charge in [-0.2, -0.15) is 0 Å². The van der Waals surface area contributed by atoms with Gasteiger partial charge in [-0.15, -0.1) is 11.3 Å². The SMILES string of the molecule is COc1ccccc1CCNC(=O)CN1CCc2sccc2C1. The third kappa shape index (κ3) is 4.12. The lowest BCUT2D eigenvalue weighted by Gasteiger charge is -2.26. The number of nitrogens with one attached hydrogen (secondary N) is 1. The van der Waals surface area contributed by atoms with E-state index in [-0.39, 0.29) is 5.91 Å². The summed E-state index contributed by atoms with van der Waals surface area (Å²) < 4.78 is 5.33. The first-order valence-electron chi connectivity index (χ1n) is 7.92. The van der Waals surface area contributed by atoms with E-state index in [0.29, 0.717) is 13.1 Å². The van der Waals surface area contributed by atoms with E-state index in [9.17, 15) is 4.79 Å². The van der Waals surface area contributed by atoms with Gasteiger partial charge in [0.1, 0.15) is 5.75 Å². The fourth-order valence-corrected chi connectivity index (χ4v) is 3.84. The maximum Gasteiger partial charge on any atom is 0.234 e. The summed E-state index contributed by atoms with van der Waals surface area (Å²) in [5.41, 5.74) is 2.50. The zero-order valence-corrected chi connectivity index (χ0v) is 14.2. The van der Waals surface area contributed by atoms with Crippen LogP contribution in [-0.4, -0.2) is 37.6 Å². The molecule has 0 radical (unpaired) electrons. The van der Waals surface area contributed by atoms with Crippen molar-refractivity contribution in [1.82, 2.24) is 10.2 Å². The van der Waals surface area contributed by atoms with Crippen LogP contribution in [0.1, 0.15) is 16.0 Å². The quantitative estimate of drug-likeness (QED) is 0.885. The summed E-state index contributed by atoms with van der Waals surface area (Å²) in [6.45, 7) is 2.96. The number of hydrogen-bond donors (Lipinski definition) is 1. The van der Waals surface area contributed by atoms with E-state index < -0.39 is 0 Å². The van der Waals surface area contributed by atoms with Crippen LogP contribution in [-0.2, 0) is 24.2 Å².